The molecule has 0 unspecified atom stereocenters. The van der Waals surface area contributed by atoms with Crippen molar-refractivity contribution in [1.82, 2.24) is 4.98 Å². The number of ether oxygens (including phenoxy) is 1. The number of nitrogens with one attached hydrogen (secondary N) is 1. The summed E-state index contributed by atoms with van der Waals surface area (Å²) in [6, 6.07) is 19.9. The predicted octanol–water partition coefficient (Wildman–Crippen LogP) is 5.98. The second-order valence-corrected chi connectivity index (χ2v) is 6.67. The standard InChI is InChI=1S/C24H18F2N2O3/c25-17-9-6-10-18(26)24(17)21-15-27-23(31-21)14-13-22(29)28-19-11-4-5-12-20(19)30-16-7-2-1-3-8-16/h1-12,15H,13-14H2,(H,28,29). The van der Waals surface area contributed by atoms with E-state index < -0.39 is 11.6 Å². The van der Waals surface area contributed by atoms with E-state index in [9.17, 15) is 13.6 Å². The van der Waals surface area contributed by atoms with Gasteiger partial charge in [-0.2, -0.15) is 0 Å². The molecule has 156 valence electrons. The van der Waals surface area contributed by atoms with Gasteiger partial charge in [-0.3, -0.25) is 4.79 Å². The minimum Gasteiger partial charge on any atom is -0.455 e. The highest BCUT2D eigenvalue weighted by Gasteiger charge is 2.16. The first kappa shape index (κ1) is 20.3. The molecule has 1 heterocycles. The summed E-state index contributed by atoms with van der Waals surface area (Å²) in [6.45, 7) is 0. The van der Waals surface area contributed by atoms with Gasteiger partial charge >= 0.3 is 0 Å². The molecule has 1 aromatic heterocycles. The Labute approximate surface area is 177 Å². The van der Waals surface area contributed by atoms with E-state index >= 15 is 0 Å². The number of benzene rings is 3. The Balaban J connectivity index is 1.39. The molecule has 0 fully saturated rings. The van der Waals surface area contributed by atoms with E-state index in [4.69, 9.17) is 9.15 Å². The lowest BCUT2D eigenvalue weighted by Crippen LogP contribution is -2.13. The van der Waals surface area contributed by atoms with Crippen LogP contribution in [0, 0.1) is 11.6 Å². The number of aromatic nitrogens is 1. The molecule has 1 amide bonds. The van der Waals surface area contributed by atoms with Crippen molar-refractivity contribution in [2.75, 3.05) is 5.32 Å². The molecule has 0 saturated heterocycles. The quantitative estimate of drug-likeness (QED) is 0.399. The lowest BCUT2D eigenvalue weighted by Gasteiger charge is -2.12. The van der Waals surface area contributed by atoms with Crippen LogP contribution in [0.1, 0.15) is 12.3 Å². The summed E-state index contributed by atoms with van der Waals surface area (Å²) < 4.78 is 39.1. The number of halogens is 2. The van der Waals surface area contributed by atoms with Crippen LogP contribution >= 0.6 is 0 Å². The molecule has 5 nitrogen and oxygen atoms in total. The lowest BCUT2D eigenvalue weighted by molar-refractivity contribution is -0.116. The Morgan fingerprint density at radius 1 is 0.935 bits per heavy atom. The molecule has 31 heavy (non-hydrogen) atoms. The maximum absolute atomic E-state index is 13.9. The van der Waals surface area contributed by atoms with Gasteiger partial charge in [-0.25, -0.2) is 13.8 Å². The van der Waals surface area contributed by atoms with Crippen molar-refractivity contribution in [3.05, 3.63) is 96.5 Å². The molecule has 4 aromatic rings. The van der Waals surface area contributed by atoms with Gasteiger partial charge < -0.3 is 14.5 Å². The molecule has 0 aliphatic carbocycles. The van der Waals surface area contributed by atoms with Crippen LogP contribution in [0.2, 0.25) is 0 Å². The summed E-state index contributed by atoms with van der Waals surface area (Å²) in [5, 5.41) is 2.80. The van der Waals surface area contributed by atoms with E-state index in [-0.39, 0.29) is 36.0 Å². The molecule has 0 spiro atoms. The Morgan fingerprint density at radius 2 is 1.65 bits per heavy atom. The van der Waals surface area contributed by atoms with Gasteiger partial charge in [-0.15, -0.1) is 0 Å². The number of nitrogens with zero attached hydrogens (tertiary/aromatic N) is 1. The fraction of sp³-hybridized carbons (Fsp3) is 0.0833. The highest BCUT2D eigenvalue weighted by Crippen LogP contribution is 2.30. The van der Waals surface area contributed by atoms with E-state index in [1.807, 2.05) is 36.4 Å². The summed E-state index contributed by atoms with van der Waals surface area (Å²) >= 11 is 0. The first-order valence-electron chi connectivity index (χ1n) is 9.61. The number of anilines is 1. The number of aryl methyl sites for hydroxylation is 1. The van der Waals surface area contributed by atoms with E-state index in [0.717, 1.165) is 12.1 Å². The normalized spacial score (nSPS) is 10.6. The van der Waals surface area contributed by atoms with Gasteiger partial charge in [0.15, 0.2) is 17.4 Å². The zero-order valence-electron chi connectivity index (χ0n) is 16.3. The number of oxazole rings is 1. The number of amides is 1. The number of carbonyl (C=O) groups is 1. The number of rotatable bonds is 7. The van der Waals surface area contributed by atoms with Crippen LogP contribution in [0.4, 0.5) is 14.5 Å². The Morgan fingerprint density at radius 3 is 2.42 bits per heavy atom. The van der Waals surface area contributed by atoms with E-state index in [2.05, 4.69) is 10.3 Å². The van der Waals surface area contributed by atoms with Crippen LogP contribution in [0.25, 0.3) is 11.3 Å². The largest absolute Gasteiger partial charge is 0.455 e. The van der Waals surface area contributed by atoms with Crippen LogP contribution in [0.5, 0.6) is 11.5 Å². The number of hydrogen-bond donors (Lipinski definition) is 1. The molecule has 1 N–H and O–H groups in total. The van der Waals surface area contributed by atoms with Crippen LogP contribution in [0.3, 0.4) is 0 Å². The molecule has 0 aliphatic heterocycles. The van der Waals surface area contributed by atoms with Crippen molar-refractivity contribution in [3.63, 3.8) is 0 Å². The fourth-order valence-electron chi connectivity index (χ4n) is 2.98. The zero-order valence-corrected chi connectivity index (χ0v) is 16.3. The van der Waals surface area contributed by atoms with E-state index in [1.54, 1.807) is 18.2 Å². The summed E-state index contributed by atoms with van der Waals surface area (Å²) in [4.78, 5) is 16.4. The summed E-state index contributed by atoms with van der Waals surface area (Å²) in [6.07, 6.45) is 1.49. The smallest absolute Gasteiger partial charge is 0.224 e. The first-order chi connectivity index (χ1) is 15.1. The number of para-hydroxylation sites is 3. The van der Waals surface area contributed by atoms with Crippen molar-refractivity contribution < 1.29 is 22.7 Å². The second-order valence-electron chi connectivity index (χ2n) is 6.67. The third-order valence-corrected chi connectivity index (χ3v) is 4.46. The van der Waals surface area contributed by atoms with Gasteiger partial charge in [0.05, 0.1) is 17.4 Å². The van der Waals surface area contributed by atoms with Gasteiger partial charge in [0.2, 0.25) is 5.91 Å². The van der Waals surface area contributed by atoms with Gasteiger partial charge in [-0.05, 0) is 36.4 Å². The molecule has 0 radical (unpaired) electrons. The first-order valence-corrected chi connectivity index (χ1v) is 9.61. The Bertz CT molecular complexity index is 1170. The minimum atomic E-state index is -0.740. The summed E-state index contributed by atoms with van der Waals surface area (Å²) in [5.74, 6) is -0.409. The van der Waals surface area contributed by atoms with Gasteiger partial charge in [0, 0.05) is 12.8 Å². The monoisotopic (exact) mass is 420 g/mol. The van der Waals surface area contributed by atoms with Crippen LogP contribution in [-0.4, -0.2) is 10.9 Å². The highest BCUT2D eigenvalue weighted by molar-refractivity contribution is 5.92. The van der Waals surface area contributed by atoms with Crippen LogP contribution in [0.15, 0.2) is 83.4 Å². The van der Waals surface area contributed by atoms with Crippen molar-refractivity contribution in [1.29, 1.82) is 0 Å². The molecular formula is C24H18F2N2O3. The second kappa shape index (κ2) is 9.21. The van der Waals surface area contributed by atoms with Gasteiger partial charge in [-0.1, -0.05) is 36.4 Å². The van der Waals surface area contributed by atoms with Crippen molar-refractivity contribution in [2.24, 2.45) is 0 Å². The van der Waals surface area contributed by atoms with E-state index in [0.29, 0.717) is 17.2 Å². The van der Waals surface area contributed by atoms with Crippen molar-refractivity contribution in [3.8, 4) is 22.8 Å². The maximum atomic E-state index is 13.9. The average Bonchev–Trinajstić information content (AvgIpc) is 3.23. The molecule has 0 bridgehead atoms. The third-order valence-electron chi connectivity index (χ3n) is 4.46. The minimum absolute atomic E-state index is 0.0207. The number of hydrogen-bond acceptors (Lipinski definition) is 4. The Kier molecular flexibility index (Phi) is 6.03. The summed E-state index contributed by atoms with van der Waals surface area (Å²) in [7, 11) is 0. The SMILES string of the molecule is O=C(CCc1ncc(-c2c(F)cccc2F)o1)Nc1ccccc1Oc1ccccc1. The molecule has 7 heteroatoms. The van der Waals surface area contributed by atoms with Crippen LogP contribution in [-0.2, 0) is 11.2 Å². The fourth-order valence-corrected chi connectivity index (χ4v) is 2.98. The van der Waals surface area contributed by atoms with Crippen molar-refractivity contribution >= 4 is 11.6 Å². The van der Waals surface area contributed by atoms with Crippen LogP contribution < -0.4 is 10.1 Å². The van der Waals surface area contributed by atoms with Crippen molar-refractivity contribution in [2.45, 2.75) is 12.8 Å². The molecule has 0 aliphatic rings. The molecular weight excluding hydrogens is 402 g/mol. The summed E-state index contributed by atoms with van der Waals surface area (Å²) in [5.41, 5.74) is 0.246. The Hall–Kier alpha value is -4.00. The topological polar surface area (TPSA) is 64.4 Å². The number of carbonyl (C=O) groups excluding carboxylic acids is 1. The molecule has 0 saturated carbocycles. The molecule has 3 aromatic carbocycles. The molecule has 0 atom stereocenters. The predicted molar refractivity (Wildman–Crippen MR) is 112 cm³/mol. The van der Waals surface area contributed by atoms with E-state index in [1.165, 1.54) is 12.3 Å². The van der Waals surface area contributed by atoms with Gasteiger partial charge in [0.1, 0.15) is 17.4 Å². The zero-order chi connectivity index (χ0) is 21.6. The average molecular weight is 420 g/mol. The van der Waals surface area contributed by atoms with Gasteiger partial charge in [0.25, 0.3) is 0 Å². The maximum Gasteiger partial charge on any atom is 0.224 e. The third kappa shape index (κ3) is 4.95. The molecule has 4 rings (SSSR count). The highest BCUT2D eigenvalue weighted by atomic mass is 19.1. The lowest BCUT2D eigenvalue weighted by atomic mass is 10.1.